The summed E-state index contributed by atoms with van der Waals surface area (Å²) >= 11 is 4.41. The van der Waals surface area contributed by atoms with Crippen molar-refractivity contribution in [1.82, 2.24) is 4.90 Å². The van der Waals surface area contributed by atoms with Crippen molar-refractivity contribution in [2.24, 2.45) is 0 Å². The van der Waals surface area contributed by atoms with Crippen molar-refractivity contribution in [3.63, 3.8) is 0 Å². The van der Waals surface area contributed by atoms with Crippen molar-refractivity contribution >= 4 is 44.9 Å². The van der Waals surface area contributed by atoms with Crippen LogP contribution in [0.3, 0.4) is 0 Å². The molecule has 158 valence electrons. The standard InChI is InChI=1S/C22H21BrFNO4S/c1-4-13(2)25-21(26)20(30-22(25)27)10-15-9-18(28-3)19(11-17(15)23)29-12-14-6-5-7-16(24)8-14/h5-11,13H,4,12H2,1-3H3/b20-10+/t13-/m0/s1. The molecule has 0 spiro atoms. The molecule has 30 heavy (non-hydrogen) atoms. The Morgan fingerprint density at radius 3 is 2.67 bits per heavy atom. The van der Waals surface area contributed by atoms with Gasteiger partial charge in [-0.15, -0.1) is 0 Å². The summed E-state index contributed by atoms with van der Waals surface area (Å²) in [7, 11) is 1.51. The first-order valence-electron chi connectivity index (χ1n) is 9.35. The van der Waals surface area contributed by atoms with Gasteiger partial charge in [0.2, 0.25) is 0 Å². The normalized spacial score (nSPS) is 16.3. The van der Waals surface area contributed by atoms with Gasteiger partial charge in [0, 0.05) is 10.5 Å². The van der Waals surface area contributed by atoms with Gasteiger partial charge in [0.25, 0.3) is 11.1 Å². The zero-order valence-electron chi connectivity index (χ0n) is 16.8. The lowest BCUT2D eigenvalue weighted by atomic mass is 10.1. The number of hydrogen-bond acceptors (Lipinski definition) is 5. The lowest BCUT2D eigenvalue weighted by Crippen LogP contribution is -2.36. The van der Waals surface area contributed by atoms with Crippen molar-refractivity contribution in [2.75, 3.05) is 7.11 Å². The minimum Gasteiger partial charge on any atom is -0.493 e. The third kappa shape index (κ3) is 4.87. The third-order valence-corrected chi connectivity index (χ3v) is 6.28. The van der Waals surface area contributed by atoms with Gasteiger partial charge in [-0.05, 0) is 66.6 Å². The first-order chi connectivity index (χ1) is 14.3. The Morgan fingerprint density at radius 1 is 1.23 bits per heavy atom. The van der Waals surface area contributed by atoms with Crippen LogP contribution in [0.4, 0.5) is 9.18 Å². The van der Waals surface area contributed by atoms with E-state index >= 15 is 0 Å². The van der Waals surface area contributed by atoms with Gasteiger partial charge in [-0.1, -0.05) is 35.0 Å². The second-order valence-corrected chi connectivity index (χ2v) is 8.60. The van der Waals surface area contributed by atoms with Crippen LogP contribution >= 0.6 is 27.7 Å². The SMILES string of the molecule is CC[C@H](C)N1C(=O)S/C(=C/c2cc(OC)c(OCc3cccc(F)c3)cc2Br)C1=O. The van der Waals surface area contributed by atoms with Crippen molar-refractivity contribution in [1.29, 1.82) is 0 Å². The Kier molecular flexibility index (Phi) is 7.20. The molecule has 1 saturated heterocycles. The van der Waals surface area contributed by atoms with Crippen LogP contribution in [0, 0.1) is 5.82 Å². The van der Waals surface area contributed by atoms with Gasteiger partial charge in [0.05, 0.1) is 12.0 Å². The number of hydrogen-bond donors (Lipinski definition) is 0. The average molecular weight is 494 g/mol. The maximum atomic E-state index is 13.4. The lowest BCUT2D eigenvalue weighted by Gasteiger charge is -2.19. The highest BCUT2D eigenvalue weighted by Gasteiger charge is 2.37. The molecule has 5 nitrogen and oxygen atoms in total. The number of nitrogens with zero attached hydrogens (tertiary/aromatic N) is 1. The highest BCUT2D eigenvalue weighted by atomic mass is 79.9. The molecule has 1 atom stereocenters. The molecular formula is C22H21BrFNO4S. The van der Waals surface area contributed by atoms with Crippen LogP contribution in [-0.4, -0.2) is 29.2 Å². The monoisotopic (exact) mass is 493 g/mol. The number of carbonyl (C=O) groups excluding carboxylic acids is 2. The number of methoxy groups -OCH3 is 1. The molecule has 0 bridgehead atoms. The molecule has 1 aliphatic heterocycles. The molecule has 0 aliphatic carbocycles. The van der Waals surface area contributed by atoms with E-state index in [1.54, 1.807) is 30.3 Å². The summed E-state index contributed by atoms with van der Waals surface area (Å²) in [5, 5.41) is -0.265. The van der Waals surface area contributed by atoms with E-state index in [-0.39, 0.29) is 29.6 Å². The molecule has 1 fully saturated rings. The molecule has 3 rings (SSSR count). The van der Waals surface area contributed by atoms with Gasteiger partial charge >= 0.3 is 0 Å². The molecular weight excluding hydrogens is 473 g/mol. The summed E-state index contributed by atoms with van der Waals surface area (Å²) in [6, 6.07) is 9.47. The Hall–Kier alpha value is -2.32. The summed E-state index contributed by atoms with van der Waals surface area (Å²) in [4.78, 5) is 26.5. The Morgan fingerprint density at radius 2 is 2.00 bits per heavy atom. The van der Waals surface area contributed by atoms with Crippen molar-refractivity contribution in [2.45, 2.75) is 32.9 Å². The fourth-order valence-corrected chi connectivity index (χ4v) is 4.26. The number of benzene rings is 2. The molecule has 0 aromatic heterocycles. The summed E-state index contributed by atoms with van der Waals surface area (Å²) in [6.45, 7) is 3.96. The van der Waals surface area contributed by atoms with Crippen LogP contribution in [0.15, 0.2) is 45.8 Å². The summed E-state index contributed by atoms with van der Waals surface area (Å²) in [5.41, 5.74) is 1.37. The topological polar surface area (TPSA) is 55.8 Å². The van der Waals surface area contributed by atoms with E-state index in [1.165, 1.54) is 24.1 Å². The molecule has 2 aromatic carbocycles. The summed E-state index contributed by atoms with van der Waals surface area (Å²) in [6.07, 6.45) is 2.36. The zero-order valence-corrected chi connectivity index (χ0v) is 19.2. The van der Waals surface area contributed by atoms with Crippen LogP contribution in [0.2, 0.25) is 0 Å². The highest BCUT2D eigenvalue weighted by molar-refractivity contribution is 9.10. The molecule has 1 aliphatic rings. The van der Waals surface area contributed by atoms with E-state index in [4.69, 9.17) is 9.47 Å². The van der Waals surface area contributed by atoms with E-state index < -0.39 is 0 Å². The van der Waals surface area contributed by atoms with Crippen LogP contribution in [-0.2, 0) is 11.4 Å². The van der Waals surface area contributed by atoms with Gasteiger partial charge < -0.3 is 9.47 Å². The fourth-order valence-electron chi connectivity index (χ4n) is 2.91. The van der Waals surface area contributed by atoms with Gasteiger partial charge in [0.1, 0.15) is 12.4 Å². The predicted molar refractivity (Wildman–Crippen MR) is 119 cm³/mol. The van der Waals surface area contributed by atoms with Gasteiger partial charge in [-0.2, -0.15) is 0 Å². The molecule has 2 aromatic rings. The summed E-state index contributed by atoms with van der Waals surface area (Å²) < 4.78 is 25.3. The van der Waals surface area contributed by atoms with Crippen molar-refractivity contribution in [3.05, 3.63) is 62.7 Å². The average Bonchev–Trinajstić information content (AvgIpc) is 3.00. The van der Waals surface area contributed by atoms with Gasteiger partial charge in [-0.3, -0.25) is 14.5 Å². The number of ether oxygens (including phenoxy) is 2. The molecule has 0 N–H and O–H groups in total. The van der Waals surface area contributed by atoms with Crippen LogP contribution in [0.25, 0.3) is 6.08 Å². The Labute approximate surface area is 187 Å². The van der Waals surface area contributed by atoms with E-state index in [0.717, 1.165) is 11.8 Å². The van der Waals surface area contributed by atoms with Crippen molar-refractivity contribution in [3.8, 4) is 11.5 Å². The quantitative estimate of drug-likeness (QED) is 0.442. The maximum absolute atomic E-state index is 13.4. The zero-order chi connectivity index (χ0) is 21.8. The Bertz CT molecular complexity index is 1010. The number of thioether (sulfide) groups is 1. The van der Waals surface area contributed by atoms with Crippen LogP contribution < -0.4 is 9.47 Å². The number of amides is 2. The minimum absolute atomic E-state index is 0.153. The number of imide groups is 1. The van der Waals surface area contributed by atoms with Crippen molar-refractivity contribution < 1.29 is 23.5 Å². The fraction of sp³-hybridized carbons (Fsp3) is 0.273. The maximum Gasteiger partial charge on any atom is 0.293 e. The lowest BCUT2D eigenvalue weighted by molar-refractivity contribution is -0.124. The first-order valence-corrected chi connectivity index (χ1v) is 11.0. The molecule has 2 amide bonds. The number of halogens is 2. The molecule has 0 radical (unpaired) electrons. The first kappa shape index (κ1) is 22.4. The molecule has 1 heterocycles. The molecule has 8 heteroatoms. The molecule has 0 unspecified atom stereocenters. The smallest absolute Gasteiger partial charge is 0.293 e. The van der Waals surface area contributed by atoms with Crippen LogP contribution in [0.1, 0.15) is 31.4 Å². The molecule has 0 saturated carbocycles. The van der Waals surface area contributed by atoms with E-state index in [2.05, 4.69) is 15.9 Å². The van der Waals surface area contributed by atoms with Gasteiger partial charge in [0.15, 0.2) is 11.5 Å². The summed E-state index contributed by atoms with van der Waals surface area (Å²) in [5.74, 6) is 0.308. The number of carbonyl (C=O) groups is 2. The van der Waals surface area contributed by atoms with E-state index in [9.17, 15) is 14.0 Å². The largest absolute Gasteiger partial charge is 0.493 e. The predicted octanol–water partition coefficient (Wildman–Crippen LogP) is 6.01. The third-order valence-electron chi connectivity index (χ3n) is 4.71. The van der Waals surface area contributed by atoms with Crippen LogP contribution in [0.5, 0.6) is 11.5 Å². The second-order valence-electron chi connectivity index (χ2n) is 6.75. The highest BCUT2D eigenvalue weighted by Crippen LogP contribution is 2.39. The minimum atomic E-state index is -0.328. The Balaban J connectivity index is 1.84. The second kappa shape index (κ2) is 9.66. The van der Waals surface area contributed by atoms with E-state index in [1.807, 2.05) is 13.8 Å². The van der Waals surface area contributed by atoms with E-state index in [0.29, 0.717) is 38.4 Å². The number of rotatable bonds is 7. The van der Waals surface area contributed by atoms with Gasteiger partial charge in [-0.25, -0.2) is 4.39 Å².